The number of hydrogen-bond donors (Lipinski definition) is 0. The van der Waals surface area contributed by atoms with E-state index in [4.69, 9.17) is 4.74 Å². The predicted octanol–water partition coefficient (Wildman–Crippen LogP) is 7.25. The number of anilines is 1. The van der Waals surface area contributed by atoms with Crippen molar-refractivity contribution in [1.82, 2.24) is 4.90 Å². The molecule has 0 spiro atoms. The molecular weight excluding hydrogens is 424 g/mol. The second kappa shape index (κ2) is 11.3. The van der Waals surface area contributed by atoms with Crippen LogP contribution in [0.2, 0.25) is 0 Å². The van der Waals surface area contributed by atoms with Gasteiger partial charge in [0.1, 0.15) is 0 Å². The maximum atomic E-state index is 6.35. The van der Waals surface area contributed by atoms with E-state index in [1.165, 1.54) is 34.5 Å². The van der Waals surface area contributed by atoms with Crippen LogP contribution in [0.4, 0.5) is 5.69 Å². The molecule has 0 aliphatic carbocycles. The zero-order valence-corrected chi connectivity index (χ0v) is 21.2. The monoisotopic (exact) mass is 462 g/mol. The smallest absolute Gasteiger partial charge is 0.0921 e. The first-order valence-electron chi connectivity index (χ1n) is 12.3. The van der Waals surface area contributed by atoms with Gasteiger partial charge in [0.2, 0.25) is 0 Å². The number of nitrogens with zero attached hydrogens (tertiary/aromatic N) is 2. The molecule has 0 radical (unpaired) electrons. The molecule has 2 aromatic carbocycles. The molecular formula is C29H38N2OS. The largest absolute Gasteiger partial charge is 0.371 e. The molecule has 0 bridgehead atoms. The van der Waals surface area contributed by atoms with Gasteiger partial charge in [-0.25, -0.2) is 0 Å². The molecule has 3 nitrogen and oxygen atoms in total. The topological polar surface area (TPSA) is 15.7 Å². The van der Waals surface area contributed by atoms with Gasteiger partial charge in [0.05, 0.1) is 12.7 Å². The first kappa shape index (κ1) is 24.0. The highest BCUT2D eigenvalue weighted by molar-refractivity contribution is 7.10. The Morgan fingerprint density at radius 3 is 2.30 bits per heavy atom. The van der Waals surface area contributed by atoms with Gasteiger partial charge in [0.25, 0.3) is 0 Å². The van der Waals surface area contributed by atoms with Gasteiger partial charge in [-0.3, -0.25) is 4.90 Å². The first-order valence-corrected chi connectivity index (χ1v) is 13.2. The Bertz CT molecular complexity index is 945. The van der Waals surface area contributed by atoms with Gasteiger partial charge >= 0.3 is 0 Å². The van der Waals surface area contributed by atoms with Crippen molar-refractivity contribution in [3.05, 3.63) is 88.1 Å². The fraction of sp³-hybridized carbons (Fsp3) is 0.448. The van der Waals surface area contributed by atoms with Crippen molar-refractivity contribution in [3.63, 3.8) is 0 Å². The van der Waals surface area contributed by atoms with Crippen LogP contribution in [0.25, 0.3) is 0 Å². The molecule has 1 aliphatic rings. The quantitative estimate of drug-likeness (QED) is 0.315. The van der Waals surface area contributed by atoms with E-state index >= 15 is 0 Å². The van der Waals surface area contributed by atoms with Gasteiger partial charge in [-0.2, -0.15) is 0 Å². The summed E-state index contributed by atoms with van der Waals surface area (Å²) in [5.74, 6) is 0. The Hall–Kier alpha value is -2.14. The molecule has 0 N–H and O–H groups in total. The molecule has 1 unspecified atom stereocenters. The molecule has 0 amide bonds. The number of rotatable bonds is 10. The Kier molecular flexibility index (Phi) is 8.24. The summed E-state index contributed by atoms with van der Waals surface area (Å²) in [5, 5.41) is 2.15. The molecule has 176 valence electrons. The summed E-state index contributed by atoms with van der Waals surface area (Å²) >= 11 is 1.80. The third-order valence-electron chi connectivity index (χ3n) is 7.19. The van der Waals surface area contributed by atoms with Gasteiger partial charge in [-0.1, -0.05) is 68.3 Å². The number of hydrogen-bond acceptors (Lipinski definition) is 4. The maximum Gasteiger partial charge on any atom is 0.0921 e. The van der Waals surface area contributed by atoms with Gasteiger partial charge < -0.3 is 9.64 Å². The minimum atomic E-state index is 0.126. The second-order valence-electron chi connectivity index (χ2n) is 9.40. The molecule has 1 aliphatic heterocycles. The predicted molar refractivity (Wildman–Crippen MR) is 141 cm³/mol. The number of piperidine rings is 1. The van der Waals surface area contributed by atoms with E-state index in [9.17, 15) is 0 Å². The van der Waals surface area contributed by atoms with Gasteiger partial charge in [-0.05, 0) is 68.1 Å². The lowest BCUT2D eigenvalue weighted by atomic mass is 9.79. The molecule has 3 aromatic rings. The summed E-state index contributed by atoms with van der Waals surface area (Å²) in [7, 11) is 4.45. The number of unbranched alkanes of at least 4 members (excludes halogenated alkanes) is 1. The fourth-order valence-electron chi connectivity index (χ4n) is 5.05. The molecule has 4 rings (SSSR count). The summed E-state index contributed by atoms with van der Waals surface area (Å²) in [5.41, 5.74) is 4.13. The number of ether oxygens (including phenoxy) is 1. The highest BCUT2D eigenvalue weighted by Gasteiger charge is 2.38. The molecule has 0 saturated carbocycles. The van der Waals surface area contributed by atoms with Crippen molar-refractivity contribution in [1.29, 1.82) is 0 Å². The zero-order chi connectivity index (χ0) is 23.1. The van der Waals surface area contributed by atoms with E-state index in [1.807, 2.05) is 0 Å². The van der Waals surface area contributed by atoms with Gasteiger partial charge in [0, 0.05) is 29.2 Å². The van der Waals surface area contributed by atoms with Crippen molar-refractivity contribution in [2.24, 2.45) is 0 Å². The Labute approximate surface area is 204 Å². The molecule has 1 aromatic heterocycles. The second-order valence-corrected chi connectivity index (χ2v) is 10.4. The summed E-state index contributed by atoms with van der Waals surface area (Å²) in [6.45, 7) is 5.05. The highest BCUT2D eigenvalue weighted by Crippen LogP contribution is 2.38. The Balaban J connectivity index is 1.36. The van der Waals surface area contributed by atoms with Crippen LogP contribution in [0, 0.1) is 0 Å². The summed E-state index contributed by atoms with van der Waals surface area (Å²) in [4.78, 5) is 6.30. The van der Waals surface area contributed by atoms with Crippen LogP contribution < -0.4 is 4.90 Å². The van der Waals surface area contributed by atoms with Crippen molar-refractivity contribution < 1.29 is 4.74 Å². The third kappa shape index (κ3) is 5.68. The lowest BCUT2D eigenvalue weighted by molar-refractivity contribution is 0.0348. The molecule has 1 fully saturated rings. The normalized spacial score (nSPS) is 16.8. The summed E-state index contributed by atoms with van der Waals surface area (Å²) < 4.78 is 6.35. The maximum absolute atomic E-state index is 6.35. The molecule has 4 heteroatoms. The van der Waals surface area contributed by atoms with E-state index in [-0.39, 0.29) is 11.6 Å². The van der Waals surface area contributed by atoms with E-state index in [2.05, 4.69) is 103 Å². The van der Waals surface area contributed by atoms with Crippen LogP contribution in [0.1, 0.15) is 61.1 Å². The molecule has 33 heavy (non-hydrogen) atoms. The minimum Gasteiger partial charge on any atom is -0.371 e. The standard InChI is InChI=1S/C29H38N2OS/c1-4-5-12-27(28-13-9-22-33-28)32-23-24-14-16-26(17-15-24)31-20-18-29(19-21-31,30(2)3)25-10-7-6-8-11-25/h6-11,13-17,22,27H,4-5,12,18-21,23H2,1-3H3. The van der Waals surface area contributed by atoms with E-state index in [0.717, 1.165) is 32.4 Å². The molecule has 1 atom stereocenters. The highest BCUT2D eigenvalue weighted by atomic mass is 32.1. The van der Waals surface area contributed by atoms with Crippen molar-refractivity contribution in [2.45, 2.75) is 57.3 Å². The van der Waals surface area contributed by atoms with Crippen LogP contribution in [0.3, 0.4) is 0 Å². The van der Waals surface area contributed by atoms with Crippen molar-refractivity contribution in [2.75, 3.05) is 32.1 Å². The summed E-state index contributed by atoms with van der Waals surface area (Å²) in [6.07, 6.45) is 5.98. The number of benzene rings is 2. The Morgan fingerprint density at radius 2 is 1.70 bits per heavy atom. The van der Waals surface area contributed by atoms with Crippen molar-refractivity contribution >= 4 is 17.0 Å². The van der Waals surface area contributed by atoms with Crippen LogP contribution in [-0.4, -0.2) is 32.1 Å². The fourth-order valence-corrected chi connectivity index (χ4v) is 5.86. The van der Waals surface area contributed by atoms with E-state index < -0.39 is 0 Å². The zero-order valence-electron chi connectivity index (χ0n) is 20.4. The number of thiophene rings is 1. The molecule has 2 heterocycles. The minimum absolute atomic E-state index is 0.126. The van der Waals surface area contributed by atoms with Crippen LogP contribution in [0.5, 0.6) is 0 Å². The lowest BCUT2D eigenvalue weighted by Crippen LogP contribution is -2.50. The first-order chi connectivity index (χ1) is 16.1. The van der Waals surface area contributed by atoms with E-state index in [0.29, 0.717) is 6.61 Å². The summed E-state index contributed by atoms with van der Waals surface area (Å²) in [6, 6.07) is 24.4. The van der Waals surface area contributed by atoms with Gasteiger partial charge in [-0.15, -0.1) is 11.3 Å². The Morgan fingerprint density at radius 1 is 0.970 bits per heavy atom. The van der Waals surface area contributed by atoms with Crippen LogP contribution in [0.15, 0.2) is 72.1 Å². The average molecular weight is 463 g/mol. The third-order valence-corrected chi connectivity index (χ3v) is 8.16. The van der Waals surface area contributed by atoms with Gasteiger partial charge in [0.15, 0.2) is 0 Å². The van der Waals surface area contributed by atoms with Crippen molar-refractivity contribution in [3.8, 4) is 0 Å². The lowest BCUT2D eigenvalue weighted by Gasteiger charge is -2.47. The van der Waals surface area contributed by atoms with Crippen LogP contribution in [-0.2, 0) is 16.9 Å². The SMILES string of the molecule is CCCCC(OCc1ccc(N2CCC(c3ccccc3)(N(C)C)CC2)cc1)c1cccs1. The van der Waals surface area contributed by atoms with E-state index in [1.54, 1.807) is 11.3 Å². The van der Waals surface area contributed by atoms with Crippen LogP contribution >= 0.6 is 11.3 Å². The molecule has 1 saturated heterocycles. The average Bonchev–Trinajstić information content (AvgIpc) is 3.40.